The van der Waals surface area contributed by atoms with Crippen molar-refractivity contribution in [2.75, 3.05) is 18.5 Å². The van der Waals surface area contributed by atoms with Crippen LogP contribution in [0.3, 0.4) is 0 Å². The van der Waals surface area contributed by atoms with Crippen LogP contribution in [0.4, 0.5) is 11.6 Å². The Morgan fingerprint density at radius 1 is 1.06 bits per heavy atom. The number of hydrogen-bond acceptors (Lipinski definition) is 9. The lowest BCUT2D eigenvalue weighted by atomic mass is 10.2. The smallest absolute Gasteiger partial charge is 0.222 e. The van der Waals surface area contributed by atoms with Crippen molar-refractivity contribution < 1.29 is 9.47 Å². The van der Waals surface area contributed by atoms with Gasteiger partial charge in [0.15, 0.2) is 5.82 Å². The highest BCUT2D eigenvalue weighted by molar-refractivity contribution is 5.91. The maximum Gasteiger partial charge on any atom is 0.222 e. The summed E-state index contributed by atoms with van der Waals surface area (Å²) in [5.41, 5.74) is 1.66. The van der Waals surface area contributed by atoms with Crippen LogP contribution in [-0.4, -0.2) is 49.1 Å². The van der Waals surface area contributed by atoms with Gasteiger partial charge in [0.05, 0.1) is 17.9 Å². The molecule has 166 valence electrons. The van der Waals surface area contributed by atoms with Crippen LogP contribution in [0.5, 0.6) is 17.4 Å². The van der Waals surface area contributed by atoms with E-state index in [2.05, 4.69) is 49.6 Å². The normalized spacial score (nSPS) is 11.2. The molecule has 2 N–H and O–H groups in total. The molecule has 0 atom stereocenters. The van der Waals surface area contributed by atoms with Crippen LogP contribution in [0.1, 0.15) is 19.4 Å². The summed E-state index contributed by atoms with van der Waals surface area (Å²) in [7, 11) is 1.75. The summed E-state index contributed by atoms with van der Waals surface area (Å²) in [6.45, 7) is 7.49. The van der Waals surface area contributed by atoms with Crippen LogP contribution >= 0.6 is 0 Å². The Hall–Kier alpha value is -3.79. The van der Waals surface area contributed by atoms with Gasteiger partial charge in [0.25, 0.3) is 0 Å². The Morgan fingerprint density at radius 2 is 1.94 bits per heavy atom. The zero-order valence-electron chi connectivity index (χ0n) is 18.5. The molecule has 0 fully saturated rings. The Bertz CT molecular complexity index is 1210. The van der Waals surface area contributed by atoms with E-state index in [4.69, 9.17) is 9.47 Å². The van der Waals surface area contributed by atoms with Gasteiger partial charge in [-0.3, -0.25) is 0 Å². The van der Waals surface area contributed by atoms with Crippen LogP contribution in [0.25, 0.3) is 10.9 Å². The summed E-state index contributed by atoms with van der Waals surface area (Å²) >= 11 is 0. The fourth-order valence-corrected chi connectivity index (χ4v) is 3.07. The molecule has 10 heteroatoms. The molecule has 3 heterocycles. The lowest BCUT2D eigenvalue weighted by Gasteiger charge is -2.12. The molecule has 0 radical (unpaired) electrons. The number of ether oxygens (including phenoxy) is 2. The van der Waals surface area contributed by atoms with E-state index in [1.54, 1.807) is 19.4 Å². The SMILES string of the molecule is Cc1cc(OCCNC(C)C)cnc1Oc1ccc2ncnc(Nc3cnn(C)n3)c2c1. The molecule has 0 aliphatic heterocycles. The molecule has 4 rings (SSSR count). The van der Waals surface area contributed by atoms with E-state index in [0.29, 0.717) is 41.7 Å². The molecular weight excluding hydrogens is 408 g/mol. The summed E-state index contributed by atoms with van der Waals surface area (Å²) in [4.78, 5) is 14.6. The third-order valence-electron chi connectivity index (χ3n) is 4.60. The minimum Gasteiger partial charge on any atom is -0.491 e. The fraction of sp³-hybridized carbons (Fsp3) is 0.318. The van der Waals surface area contributed by atoms with Gasteiger partial charge in [0.2, 0.25) is 5.88 Å². The Balaban J connectivity index is 1.49. The first-order valence-electron chi connectivity index (χ1n) is 10.4. The van der Waals surface area contributed by atoms with Gasteiger partial charge in [-0.1, -0.05) is 13.8 Å². The van der Waals surface area contributed by atoms with Crippen molar-refractivity contribution in [2.24, 2.45) is 7.05 Å². The average Bonchev–Trinajstić information content (AvgIpc) is 3.18. The van der Waals surface area contributed by atoms with Crippen molar-refractivity contribution in [1.29, 1.82) is 0 Å². The van der Waals surface area contributed by atoms with Crippen molar-refractivity contribution >= 4 is 22.5 Å². The van der Waals surface area contributed by atoms with Crippen molar-refractivity contribution in [3.63, 3.8) is 0 Å². The first-order chi connectivity index (χ1) is 15.5. The second-order valence-electron chi connectivity index (χ2n) is 7.60. The summed E-state index contributed by atoms with van der Waals surface area (Å²) in [5, 5.41) is 15.6. The highest BCUT2D eigenvalue weighted by Crippen LogP contribution is 2.30. The predicted octanol–water partition coefficient (Wildman–Crippen LogP) is 3.37. The second kappa shape index (κ2) is 9.56. The number of nitrogens with one attached hydrogen (secondary N) is 2. The third kappa shape index (κ3) is 5.27. The number of hydrogen-bond donors (Lipinski definition) is 2. The van der Waals surface area contributed by atoms with E-state index in [9.17, 15) is 0 Å². The van der Waals surface area contributed by atoms with Gasteiger partial charge in [-0.05, 0) is 31.2 Å². The number of aryl methyl sites for hydroxylation is 2. The van der Waals surface area contributed by atoms with Crippen LogP contribution in [0, 0.1) is 6.92 Å². The summed E-state index contributed by atoms with van der Waals surface area (Å²) < 4.78 is 11.8. The maximum absolute atomic E-state index is 6.04. The molecule has 0 amide bonds. The molecule has 32 heavy (non-hydrogen) atoms. The van der Waals surface area contributed by atoms with Crippen LogP contribution in [0.15, 0.2) is 43.0 Å². The quantitative estimate of drug-likeness (QED) is 0.383. The largest absolute Gasteiger partial charge is 0.491 e. The molecule has 10 nitrogen and oxygen atoms in total. The van der Waals surface area contributed by atoms with Gasteiger partial charge in [0, 0.05) is 30.6 Å². The van der Waals surface area contributed by atoms with Crippen LogP contribution < -0.4 is 20.1 Å². The second-order valence-corrected chi connectivity index (χ2v) is 7.60. The first kappa shape index (κ1) is 21.4. The third-order valence-corrected chi connectivity index (χ3v) is 4.60. The predicted molar refractivity (Wildman–Crippen MR) is 122 cm³/mol. The van der Waals surface area contributed by atoms with E-state index < -0.39 is 0 Å². The molecule has 0 saturated heterocycles. The van der Waals surface area contributed by atoms with E-state index in [-0.39, 0.29) is 0 Å². The molecular formula is C22H26N8O2. The molecule has 0 aliphatic carbocycles. The first-order valence-corrected chi connectivity index (χ1v) is 10.4. The van der Waals surface area contributed by atoms with E-state index in [1.807, 2.05) is 31.2 Å². The van der Waals surface area contributed by atoms with Crippen molar-refractivity contribution in [3.05, 3.63) is 48.5 Å². The molecule has 0 bridgehead atoms. The lowest BCUT2D eigenvalue weighted by Crippen LogP contribution is -2.27. The van der Waals surface area contributed by atoms with E-state index >= 15 is 0 Å². The van der Waals surface area contributed by atoms with Gasteiger partial charge in [-0.25, -0.2) is 15.0 Å². The van der Waals surface area contributed by atoms with Crippen molar-refractivity contribution in [1.82, 2.24) is 35.3 Å². The summed E-state index contributed by atoms with van der Waals surface area (Å²) in [6, 6.07) is 7.95. The van der Waals surface area contributed by atoms with Crippen molar-refractivity contribution in [3.8, 4) is 17.4 Å². The zero-order valence-corrected chi connectivity index (χ0v) is 18.5. The van der Waals surface area contributed by atoms with E-state index in [1.165, 1.54) is 11.1 Å². The fourth-order valence-electron chi connectivity index (χ4n) is 3.07. The number of pyridine rings is 1. The maximum atomic E-state index is 6.04. The minimum atomic E-state index is 0.429. The molecule has 0 saturated carbocycles. The highest BCUT2D eigenvalue weighted by atomic mass is 16.5. The molecule has 0 aliphatic rings. The number of rotatable bonds is 9. The van der Waals surface area contributed by atoms with Gasteiger partial charge in [-0.2, -0.15) is 9.90 Å². The summed E-state index contributed by atoms with van der Waals surface area (Å²) in [6.07, 6.45) is 4.80. The summed E-state index contributed by atoms with van der Waals surface area (Å²) in [5.74, 6) is 3.06. The molecule has 1 aromatic carbocycles. The van der Waals surface area contributed by atoms with Crippen LogP contribution in [-0.2, 0) is 7.05 Å². The molecule has 0 spiro atoms. The Morgan fingerprint density at radius 3 is 2.69 bits per heavy atom. The standard InChI is InChI=1S/C22H26N8O2/c1-14(2)23-7-8-31-17-9-15(3)22(24-11-17)32-16-5-6-19-18(10-16)21(26-13-25-19)28-20-12-27-30(4)29-20/h5-6,9-14,23H,7-8H2,1-4H3,(H,25,26,28,29). The molecule has 0 unspecified atom stereocenters. The minimum absolute atomic E-state index is 0.429. The number of benzene rings is 1. The Kier molecular flexibility index (Phi) is 6.41. The van der Waals surface area contributed by atoms with Crippen LogP contribution in [0.2, 0.25) is 0 Å². The zero-order chi connectivity index (χ0) is 22.5. The average molecular weight is 435 g/mol. The Labute approximate surface area is 186 Å². The topological polar surface area (TPSA) is 112 Å². The monoisotopic (exact) mass is 434 g/mol. The van der Waals surface area contributed by atoms with Crippen molar-refractivity contribution in [2.45, 2.75) is 26.8 Å². The highest BCUT2D eigenvalue weighted by Gasteiger charge is 2.10. The van der Waals surface area contributed by atoms with E-state index in [0.717, 1.165) is 23.0 Å². The number of anilines is 2. The number of aromatic nitrogens is 6. The molecule has 3 aromatic heterocycles. The molecule has 4 aromatic rings. The van der Waals surface area contributed by atoms with Gasteiger partial charge >= 0.3 is 0 Å². The number of nitrogens with zero attached hydrogens (tertiary/aromatic N) is 6. The van der Waals surface area contributed by atoms with Gasteiger partial charge in [-0.15, -0.1) is 5.10 Å². The van der Waals surface area contributed by atoms with Gasteiger partial charge < -0.3 is 20.1 Å². The number of fused-ring (bicyclic) bond motifs is 1. The van der Waals surface area contributed by atoms with Gasteiger partial charge in [0.1, 0.15) is 30.3 Å². The lowest BCUT2D eigenvalue weighted by molar-refractivity contribution is 0.306.